The number of halogens is 1. The normalized spacial score (nSPS) is 14.5. The molecular weight excluding hydrogens is 352 g/mol. The lowest BCUT2D eigenvalue weighted by Crippen LogP contribution is -2.15. The van der Waals surface area contributed by atoms with Crippen molar-refractivity contribution in [3.8, 4) is 0 Å². The Morgan fingerprint density at radius 3 is 2.67 bits per heavy atom. The molecule has 2 nitrogen and oxygen atoms in total. The Morgan fingerprint density at radius 1 is 0.963 bits per heavy atom. The Balaban J connectivity index is 1.46. The zero-order valence-electron chi connectivity index (χ0n) is 15.8. The topological polar surface area (TPSA) is 17.0 Å². The molecule has 0 fully saturated rings. The lowest BCUT2D eigenvalue weighted by atomic mass is 9.97. The van der Waals surface area contributed by atoms with Gasteiger partial charge in [0.2, 0.25) is 0 Å². The first-order chi connectivity index (χ1) is 13.3. The molecule has 1 aromatic heterocycles. The highest BCUT2D eigenvalue weighted by Gasteiger charge is 2.10. The Hall–Kier alpha value is -2.03. The van der Waals surface area contributed by atoms with Gasteiger partial charge in [-0.1, -0.05) is 59.6 Å². The number of hydrogen-bond donors (Lipinski definition) is 1. The maximum absolute atomic E-state index is 6.38. The molecule has 1 N–H and O–H groups in total. The first kappa shape index (κ1) is 18.3. The number of aromatic nitrogens is 1. The number of nitrogens with one attached hydrogen (secondary N) is 1. The van der Waals surface area contributed by atoms with Crippen LogP contribution in [0.2, 0.25) is 5.02 Å². The molecule has 1 aliphatic rings. The molecule has 27 heavy (non-hydrogen) atoms. The first-order valence-electron chi connectivity index (χ1n) is 10.00. The van der Waals surface area contributed by atoms with E-state index >= 15 is 0 Å². The number of fused-ring (bicyclic) bond motifs is 1. The van der Waals surface area contributed by atoms with E-state index in [0.29, 0.717) is 0 Å². The Labute approximate surface area is 166 Å². The van der Waals surface area contributed by atoms with E-state index in [1.807, 2.05) is 12.1 Å². The second-order valence-electron chi connectivity index (χ2n) is 7.43. The molecule has 0 atom stereocenters. The molecule has 1 heterocycles. The second kappa shape index (κ2) is 8.77. The van der Waals surface area contributed by atoms with E-state index in [0.717, 1.165) is 30.2 Å². The average Bonchev–Trinajstić information content (AvgIpc) is 3.06. The fourth-order valence-corrected chi connectivity index (χ4v) is 4.20. The van der Waals surface area contributed by atoms with Gasteiger partial charge in [-0.05, 0) is 61.9 Å². The summed E-state index contributed by atoms with van der Waals surface area (Å²) in [6, 6.07) is 16.8. The molecule has 0 amide bonds. The smallest absolute Gasteiger partial charge is 0.0491 e. The van der Waals surface area contributed by atoms with Crippen LogP contribution >= 0.6 is 11.6 Å². The summed E-state index contributed by atoms with van der Waals surface area (Å²) in [7, 11) is 0. The third kappa shape index (κ3) is 4.45. The molecule has 1 aliphatic carbocycles. The predicted molar refractivity (Wildman–Crippen MR) is 115 cm³/mol. The summed E-state index contributed by atoms with van der Waals surface area (Å²) in [6.07, 6.45) is 11.2. The number of allylic oxidation sites excluding steroid dienone is 1. The highest BCUT2D eigenvalue weighted by atomic mass is 35.5. The highest BCUT2D eigenvalue weighted by Crippen LogP contribution is 2.25. The van der Waals surface area contributed by atoms with Crippen molar-refractivity contribution in [1.29, 1.82) is 0 Å². The zero-order chi connectivity index (χ0) is 18.5. The van der Waals surface area contributed by atoms with Crippen molar-refractivity contribution in [2.24, 2.45) is 0 Å². The van der Waals surface area contributed by atoms with E-state index in [-0.39, 0.29) is 0 Å². The van der Waals surface area contributed by atoms with Crippen molar-refractivity contribution in [1.82, 2.24) is 9.88 Å². The SMILES string of the molecule is Clc1ccccc1Cn1cc(CNCCC2=CCCCC2)c2ccccc21. The first-order valence-corrected chi connectivity index (χ1v) is 10.4. The number of para-hydroxylation sites is 1. The number of rotatable bonds is 7. The van der Waals surface area contributed by atoms with Crippen LogP contribution in [0.4, 0.5) is 0 Å². The molecule has 0 saturated heterocycles. The van der Waals surface area contributed by atoms with Gasteiger partial charge in [0.15, 0.2) is 0 Å². The molecule has 0 aliphatic heterocycles. The van der Waals surface area contributed by atoms with Gasteiger partial charge in [0.25, 0.3) is 0 Å². The summed E-state index contributed by atoms with van der Waals surface area (Å²) >= 11 is 6.38. The van der Waals surface area contributed by atoms with Crippen molar-refractivity contribution < 1.29 is 0 Å². The largest absolute Gasteiger partial charge is 0.343 e. The zero-order valence-corrected chi connectivity index (χ0v) is 16.5. The van der Waals surface area contributed by atoms with Gasteiger partial charge in [-0.2, -0.15) is 0 Å². The molecule has 2 aromatic carbocycles. The Kier molecular flexibility index (Phi) is 5.96. The molecule has 3 aromatic rings. The molecule has 0 saturated carbocycles. The summed E-state index contributed by atoms with van der Waals surface area (Å²) in [4.78, 5) is 0. The van der Waals surface area contributed by atoms with E-state index in [1.165, 1.54) is 48.6 Å². The lowest BCUT2D eigenvalue weighted by Gasteiger charge is -2.12. The predicted octanol–water partition coefficient (Wildman–Crippen LogP) is 6.32. The maximum Gasteiger partial charge on any atom is 0.0491 e. The summed E-state index contributed by atoms with van der Waals surface area (Å²) < 4.78 is 2.32. The van der Waals surface area contributed by atoms with E-state index in [4.69, 9.17) is 11.6 Å². The molecule has 3 heteroatoms. The lowest BCUT2D eigenvalue weighted by molar-refractivity contribution is 0.632. The third-order valence-electron chi connectivity index (χ3n) is 5.49. The molecule has 0 unspecified atom stereocenters. The molecule has 0 radical (unpaired) electrons. The van der Waals surface area contributed by atoms with Crippen LogP contribution in [0.15, 0.2) is 66.4 Å². The van der Waals surface area contributed by atoms with Crippen LogP contribution in [-0.4, -0.2) is 11.1 Å². The quantitative estimate of drug-likeness (QED) is 0.376. The van der Waals surface area contributed by atoms with E-state index < -0.39 is 0 Å². The minimum absolute atomic E-state index is 0.799. The van der Waals surface area contributed by atoms with Crippen LogP contribution < -0.4 is 5.32 Å². The van der Waals surface area contributed by atoms with Crippen LogP contribution in [0.25, 0.3) is 10.9 Å². The second-order valence-corrected chi connectivity index (χ2v) is 7.83. The van der Waals surface area contributed by atoms with E-state index in [9.17, 15) is 0 Å². The molecule has 0 bridgehead atoms. The van der Waals surface area contributed by atoms with Gasteiger partial charge in [0.1, 0.15) is 0 Å². The van der Waals surface area contributed by atoms with E-state index in [1.54, 1.807) is 5.57 Å². The van der Waals surface area contributed by atoms with Gasteiger partial charge in [0, 0.05) is 35.2 Å². The van der Waals surface area contributed by atoms with Crippen LogP contribution in [-0.2, 0) is 13.1 Å². The number of benzene rings is 2. The standard InChI is InChI=1S/C24H27ClN2/c25-23-12-6-4-10-20(23)17-27-18-21(22-11-5-7-13-24(22)27)16-26-15-14-19-8-2-1-3-9-19/h4-8,10-13,18,26H,1-3,9,14-17H2. The maximum atomic E-state index is 6.38. The Morgan fingerprint density at radius 2 is 1.81 bits per heavy atom. The van der Waals surface area contributed by atoms with Gasteiger partial charge in [-0.3, -0.25) is 0 Å². The van der Waals surface area contributed by atoms with Gasteiger partial charge in [-0.25, -0.2) is 0 Å². The van der Waals surface area contributed by atoms with Crippen molar-refractivity contribution in [2.75, 3.05) is 6.54 Å². The van der Waals surface area contributed by atoms with Crippen molar-refractivity contribution >= 4 is 22.5 Å². The fourth-order valence-electron chi connectivity index (χ4n) is 4.01. The summed E-state index contributed by atoms with van der Waals surface area (Å²) in [5.74, 6) is 0. The molecule has 4 rings (SSSR count). The monoisotopic (exact) mass is 378 g/mol. The van der Waals surface area contributed by atoms with Gasteiger partial charge in [-0.15, -0.1) is 0 Å². The third-order valence-corrected chi connectivity index (χ3v) is 5.86. The van der Waals surface area contributed by atoms with Gasteiger partial charge >= 0.3 is 0 Å². The minimum Gasteiger partial charge on any atom is -0.343 e. The van der Waals surface area contributed by atoms with Crippen molar-refractivity contribution in [2.45, 2.75) is 45.2 Å². The fraction of sp³-hybridized carbons (Fsp3) is 0.333. The summed E-state index contributed by atoms with van der Waals surface area (Å²) in [6.45, 7) is 2.76. The summed E-state index contributed by atoms with van der Waals surface area (Å²) in [5, 5.41) is 5.81. The van der Waals surface area contributed by atoms with Crippen LogP contribution in [0.5, 0.6) is 0 Å². The number of nitrogens with zero attached hydrogens (tertiary/aromatic N) is 1. The minimum atomic E-state index is 0.799. The molecular formula is C24H27ClN2. The summed E-state index contributed by atoms with van der Waals surface area (Å²) in [5.41, 5.74) is 5.41. The molecule has 0 spiro atoms. The van der Waals surface area contributed by atoms with E-state index in [2.05, 4.69) is 58.6 Å². The highest BCUT2D eigenvalue weighted by molar-refractivity contribution is 6.31. The van der Waals surface area contributed by atoms with Crippen molar-refractivity contribution in [3.05, 3.63) is 82.5 Å². The van der Waals surface area contributed by atoms with Crippen LogP contribution in [0.1, 0.15) is 43.2 Å². The van der Waals surface area contributed by atoms with Crippen LogP contribution in [0, 0.1) is 0 Å². The van der Waals surface area contributed by atoms with Crippen molar-refractivity contribution in [3.63, 3.8) is 0 Å². The molecule has 140 valence electrons. The van der Waals surface area contributed by atoms with Gasteiger partial charge < -0.3 is 9.88 Å². The van der Waals surface area contributed by atoms with Crippen LogP contribution in [0.3, 0.4) is 0 Å². The van der Waals surface area contributed by atoms with Gasteiger partial charge in [0.05, 0.1) is 0 Å². The average molecular weight is 379 g/mol. The number of hydrogen-bond acceptors (Lipinski definition) is 1. The Bertz CT molecular complexity index is 938.